The van der Waals surface area contributed by atoms with Crippen LogP contribution in [0.3, 0.4) is 0 Å². The molecule has 1 saturated carbocycles. The Kier molecular flexibility index (Phi) is 9.94. The molecule has 172 valence electrons. The number of nitrogens with one attached hydrogen (secondary N) is 1. The van der Waals surface area contributed by atoms with E-state index in [1.54, 1.807) is 31.2 Å². The summed E-state index contributed by atoms with van der Waals surface area (Å²) in [6.07, 6.45) is 5.85. The summed E-state index contributed by atoms with van der Waals surface area (Å²) in [5, 5.41) is 2.64. The van der Waals surface area contributed by atoms with Gasteiger partial charge in [0.05, 0.1) is 12.7 Å². The fourth-order valence-corrected chi connectivity index (χ4v) is 3.90. The minimum Gasteiger partial charge on any atom is -0.465 e. The first kappa shape index (κ1) is 24.8. The SMILES string of the molecule is COC(=O)c1ccc(COC(=O)C(C)NC(=O)C(OC)C(N)CC2CCCCC2)cc1. The number of benzene rings is 1. The number of methoxy groups -OCH3 is 2. The van der Waals surface area contributed by atoms with E-state index in [9.17, 15) is 14.4 Å². The molecule has 1 amide bonds. The van der Waals surface area contributed by atoms with Gasteiger partial charge in [0.1, 0.15) is 12.6 Å². The molecule has 0 saturated heterocycles. The van der Waals surface area contributed by atoms with Crippen LogP contribution in [-0.4, -0.2) is 50.3 Å². The van der Waals surface area contributed by atoms with Gasteiger partial charge in [0.2, 0.25) is 0 Å². The standard InChI is InChI=1S/C23H34N2O6/c1-15(22(27)31-14-17-9-11-18(12-10-17)23(28)30-3)25-21(26)20(29-2)19(24)13-16-7-5-4-6-8-16/h9-12,15-16,19-20H,4-8,13-14,24H2,1-3H3,(H,25,26). The molecule has 0 radical (unpaired) electrons. The van der Waals surface area contributed by atoms with Crippen LogP contribution in [0, 0.1) is 5.92 Å². The van der Waals surface area contributed by atoms with Crippen LogP contribution >= 0.6 is 0 Å². The molecule has 1 fully saturated rings. The van der Waals surface area contributed by atoms with Crippen molar-refractivity contribution in [2.45, 2.75) is 70.2 Å². The number of ether oxygens (including phenoxy) is 3. The predicted molar refractivity (Wildman–Crippen MR) is 115 cm³/mol. The number of hydrogen-bond acceptors (Lipinski definition) is 7. The van der Waals surface area contributed by atoms with E-state index in [0.717, 1.165) is 19.3 Å². The summed E-state index contributed by atoms with van der Waals surface area (Å²) in [4.78, 5) is 36.4. The number of hydrogen-bond donors (Lipinski definition) is 2. The van der Waals surface area contributed by atoms with Crippen LogP contribution in [-0.2, 0) is 30.4 Å². The van der Waals surface area contributed by atoms with Crippen LogP contribution in [0.2, 0.25) is 0 Å². The number of amides is 1. The molecule has 1 aromatic carbocycles. The topological polar surface area (TPSA) is 117 Å². The highest BCUT2D eigenvalue weighted by Crippen LogP contribution is 2.27. The van der Waals surface area contributed by atoms with E-state index < -0.39 is 36.0 Å². The highest BCUT2D eigenvalue weighted by atomic mass is 16.5. The molecular formula is C23H34N2O6. The second-order valence-electron chi connectivity index (χ2n) is 8.09. The fourth-order valence-electron chi connectivity index (χ4n) is 3.90. The van der Waals surface area contributed by atoms with Crippen LogP contribution in [0.15, 0.2) is 24.3 Å². The van der Waals surface area contributed by atoms with Gasteiger partial charge in [-0.25, -0.2) is 9.59 Å². The Balaban J connectivity index is 1.81. The molecule has 31 heavy (non-hydrogen) atoms. The first-order valence-electron chi connectivity index (χ1n) is 10.8. The normalized spacial score (nSPS) is 17.3. The van der Waals surface area contributed by atoms with E-state index in [1.807, 2.05) is 0 Å². The van der Waals surface area contributed by atoms with Gasteiger partial charge in [-0.15, -0.1) is 0 Å². The maximum atomic E-state index is 12.6. The molecule has 3 unspecified atom stereocenters. The zero-order chi connectivity index (χ0) is 22.8. The van der Waals surface area contributed by atoms with Crippen LogP contribution in [0.1, 0.15) is 61.4 Å². The highest BCUT2D eigenvalue weighted by Gasteiger charge is 2.30. The van der Waals surface area contributed by atoms with Crippen molar-refractivity contribution in [2.75, 3.05) is 14.2 Å². The average molecular weight is 435 g/mol. The Labute approximate surface area is 183 Å². The third kappa shape index (κ3) is 7.63. The van der Waals surface area contributed by atoms with E-state index in [4.69, 9.17) is 15.2 Å². The van der Waals surface area contributed by atoms with Gasteiger partial charge in [0.25, 0.3) is 5.91 Å². The maximum absolute atomic E-state index is 12.6. The molecule has 0 aliphatic heterocycles. The molecule has 0 bridgehead atoms. The monoisotopic (exact) mass is 434 g/mol. The molecule has 3 atom stereocenters. The number of nitrogens with two attached hydrogens (primary N) is 1. The Morgan fingerprint density at radius 3 is 2.32 bits per heavy atom. The summed E-state index contributed by atoms with van der Waals surface area (Å²) in [6.45, 7) is 1.58. The van der Waals surface area contributed by atoms with Gasteiger partial charge in [-0.2, -0.15) is 0 Å². The first-order valence-corrected chi connectivity index (χ1v) is 10.8. The lowest BCUT2D eigenvalue weighted by molar-refractivity contribution is -0.150. The van der Waals surface area contributed by atoms with Gasteiger partial charge in [-0.05, 0) is 37.0 Å². The Morgan fingerprint density at radius 1 is 1.10 bits per heavy atom. The van der Waals surface area contributed by atoms with Gasteiger partial charge >= 0.3 is 11.9 Å². The lowest BCUT2D eigenvalue weighted by Crippen LogP contribution is -2.52. The lowest BCUT2D eigenvalue weighted by Gasteiger charge is -2.28. The molecule has 1 aromatic rings. The number of carbonyl (C=O) groups excluding carboxylic acids is 3. The minimum absolute atomic E-state index is 0.0232. The molecule has 0 heterocycles. The Bertz CT molecular complexity index is 730. The van der Waals surface area contributed by atoms with E-state index >= 15 is 0 Å². The van der Waals surface area contributed by atoms with Crippen molar-refractivity contribution in [1.82, 2.24) is 5.32 Å². The van der Waals surface area contributed by atoms with Crippen molar-refractivity contribution < 1.29 is 28.6 Å². The summed E-state index contributed by atoms with van der Waals surface area (Å²) in [5.74, 6) is -0.907. The molecule has 2 rings (SSSR count). The van der Waals surface area contributed by atoms with Crippen molar-refractivity contribution in [1.29, 1.82) is 0 Å². The molecule has 8 heteroatoms. The van der Waals surface area contributed by atoms with E-state index in [0.29, 0.717) is 17.0 Å². The number of carbonyl (C=O) groups is 3. The quantitative estimate of drug-likeness (QED) is 0.543. The van der Waals surface area contributed by atoms with Crippen LogP contribution in [0.5, 0.6) is 0 Å². The molecule has 8 nitrogen and oxygen atoms in total. The van der Waals surface area contributed by atoms with Crippen molar-refractivity contribution in [3.63, 3.8) is 0 Å². The van der Waals surface area contributed by atoms with E-state index in [2.05, 4.69) is 10.1 Å². The minimum atomic E-state index is -0.846. The zero-order valence-corrected chi connectivity index (χ0v) is 18.6. The van der Waals surface area contributed by atoms with Crippen molar-refractivity contribution in [2.24, 2.45) is 11.7 Å². The Hall–Kier alpha value is -2.45. The van der Waals surface area contributed by atoms with E-state index in [1.165, 1.54) is 33.5 Å². The maximum Gasteiger partial charge on any atom is 0.337 e. The van der Waals surface area contributed by atoms with Crippen LogP contribution < -0.4 is 11.1 Å². The first-order chi connectivity index (χ1) is 14.8. The van der Waals surface area contributed by atoms with Gasteiger partial charge < -0.3 is 25.3 Å². The molecule has 1 aliphatic carbocycles. The zero-order valence-electron chi connectivity index (χ0n) is 18.6. The van der Waals surface area contributed by atoms with Crippen molar-refractivity contribution >= 4 is 17.8 Å². The molecule has 1 aliphatic rings. The van der Waals surface area contributed by atoms with Gasteiger partial charge in [0.15, 0.2) is 6.10 Å². The largest absolute Gasteiger partial charge is 0.465 e. The summed E-state index contributed by atoms with van der Waals surface area (Å²) >= 11 is 0. The van der Waals surface area contributed by atoms with Gasteiger partial charge in [0, 0.05) is 13.2 Å². The van der Waals surface area contributed by atoms with Gasteiger partial charge in [-0.3, -0.25) is 4.79 Å². The van der Waals surface area contributed by atoms with Crippen LogP contribution in [0.25, 0.3) is 0 Å². The molecular weight excluding hydrogens is 400 g/mol. The summed E-state index contributed by atoms with van der Waals surface area (Å²) in [7, 11) is 2.76. The lowest BCUT2D eigenvalue weighted by atomic mass is 9.84. The van der Waals surface area contributed by atoms with Crippen LogP contribution in [0.4, 0.5) is 0 Å². The Morgan fingerprint density at radius 2 is 1.74 bits per heavy atom. The number of rotatable bonds is 10. The summed E-state index contributed by atoms with van der Waals surface area (Å²) in [6, 6.07) is 5.27. The highest BCUT2D eigenvalue weighted by molar-refractivity contribution is 5.89. The van der Waals surface area contributed by atoms with Gasteiger partial charge in [-0.1, -0.05) is 44.2 Å². The molecule has 3 N–H and O–H groups in total. The number of esters is 2. The van der Waals surface area contributed by atoms with E-state index in [-0.39, 0.29) is 6.61 Å². The second-order valence-corrected chi connectivity index (χ2v) is 8.09. The second kappa shape index (κ2) is 12.4. The summed E-state index contributed by atoms with van der Waals surface area (Å²) in [5.41, 5.74) is 7.38. The van der Waals surface area contributed by atoms with Crippen molar-refractivity contribution in [3.05, 3.63) is 35.4 Å². The molecule has 0 aromatic heterocycles. The third-order valence-corrected chi connectivity index (χ3v) is 5.70. The predicted octanol–water partition coefficient (Wildman–Crippen LogP) is 2.33. The van der Waals surface area contributed by atoms with Crippen molar-refractivity contribution in [3.8, 4) is 0 Å². The fraction of sp³-hybridized carbons (Fsp3) is 0.609. The molecule has 0 spiro atoms. The third-order valence-electron chi connectivity index (χ3n) is 5.70. The average Bonchev–Trinajstić information content (AvgIpc) is 2.78. The summed E-state index contributed by atoms with van der Waals surface area (Å²) < 4.78 is 15.3. The smallest absolute Gasteiger partial charge is 0.337 e.